The molecule has 1 unspecified atom stereocenters. The third kappa shape index (κ3) is 2.90. The van der Waals surface area contributed by atoms with Crippen LogP contribution in [0.4, 0.5) is 0 Å². The van der Waals surface area contributed by atoms with Gasteiger partial charge in [-0.25, -0.2) is 0 Å². The molecule has 1 aliphatic heterocycles. The standard InChI is InChI=1S/C15H25N3O/c1-4-5-7-18-14-6-8-17(3)10-12(14)9-13(11(2)16)15(18)19/h9,11H,4-8,10,16H2,1-3H3. The van der Waals surface area contributed by atoms with Gasteiger partial charge in [0.15, 0.2) is 0 Å². The third-order valence-corrected chi connectivity index (χ3v) is 3.91. The van der Waals surface area contributed by atoms with Gasteiger partial charge >= 0.3 is 0 Å². The maximum Gasteiger partial charge on any atom is 0.255 e. The van der Waals surface area contributed by atoms with Crippen LogP contribution in [0.2, 0.25) is 0 Å². The Hall–Kier alpha value is -1.13. The molecule has 1 atom stereocenters. The van der Waals surface area contributed by atoms with Crippen LogP contribution in [0.15, 0.2) is 10.9 Å². The molecule has 19 heavy (non-hydrogen) atoms. The molecular formula is C15H25N3O. The minimum atomic E-state index is -0.196. The lowest BCUT2D eigenvalue weighted by molar-refractivity contribution is 0.303. The molecular weight excluding hydrogens is 238 g/mol. The van der Waals surface area contributed by atoms with Crippen LogP contribution in [0.3, 0.4) is 0 Å². The minimum Gasteiger partial charge on any atom is -0.324 e. The van der Waals surface area contributed by atoms with Crippen LogP contribution in [-0.2, 0) is 19.5 Å². The number of rotatable bonds is 4. The van der Waals surface area contributed by atoms with Gasteiger partial charge in [0.25, 0.3) is 5.56 Å². The molecule has 1 aromatic rings. The van der Waals surface area contributed by atoms with Crippen LogP contribution < -0.4 is 11.3 Å². The Balaban J connectivity index is 2.52. The normalized spacial score (nSPS) is 17.3. The lowest BCUT2D eigenvalue weighted by atomic mass is 10.0. The number of hydrogen-bond acceptors (Lipinski definition) is 3. The summed E-state index contributed by atoms with van der Waals surface area (Å²) in [5.41, 5.74) is 9.32. The van der Waals surface area contributed by atoms with E-state index in [1.54, 1.807) is 0 Å². The number of likely N-dealkylation sites (N-methyl/N-ethyl adjacent to an activating group) is 1. The topological polar surface area (TPSA) is 51.3 Å². The highest BCUT2D eigenvalue weighted by Crippen LogP contribution is 2.20. The first-order chi connectivity index (χ1) is 9.04. The van der Waals surface area contributed by atoms with Crippen molar-refractivity contribution in [3.63, 3.8) is 0 Å². The Morgan fingerprint density at radius 1 is 1.47 bits per heavy atom. The summed E-state index contributed by atoms with van der Waals surface area (Å²) in [5, 5.41) is 0. The Labute approximate surface area is 115 Å². The van der Waals surface area contributed by atoms with Gasteiger partial charge in [-0.15, -0.1) is 0 Å². The zero-order valence-corrected chi connectivity index (χ0v) is 12.3. The molecule has 0 fully saturated rings. The summed E-state index contributed by atoms with van der Waals surface area (Å²) in [4.78, 5) is 14.8. The van der Waals surface area contributed by atoms with E-state index in [2.05, 4.69) is 18.9 Å². The summed E-state index contributed by atoms with van der Waals surface area (Å²) < 4.78 is 1.98. The molecule has 0 saturated carbocycles. The van der Waals surface area contributed by atoms with Gasteiger partial charge in [-0.2, -0.15) is 0 Å². The number of fused-ring (bicyclic) bond motifs is 1. The van der Waals surface area contributed by atoms with Gasteiger partial charge in [-0.1, -0.05) is 13.3 Å². The van der Waals surface area contributed by atoms with E-state index in [0.717, 1.165) is 44.5 Å². The van der Waals surface area contributed by atoms with Gasteiger partial charge in [-0.05, 0) is 32.0 Å². The number of nitrogens with zero attached hydrogens (tertiary/aromatic N) is 2. The van der Waals surface area contributed by atoms with Crippen LogP contribution in [0.25, 0.3) is 0 Å². The van der Waals surface area contributed by atoms with Crippen molar-refractivity contribution in [2.24, 2.45) is 5.73 Å². The fourth-order valence-corrected chi connectivity index (χ4v) is 2.76. The first-order valence-electron chi connectivity index (χ1n) is 7.24. The first-order valence-corrected chi connectivity index (χ1v) is 7.24. The van der Waals surface area contributed by atoms with E-state index in [0.29, 0.717) is 0 Å². The molecule has 0 aliphatic carbocycles. The molecule has 0 radical (unpaired) electrons. The van der Waals surface area contributed by atoms with Gasteiger partial charge in [0, 0.05) is 43.4 Å². The van der Waals surface area contributed by atoms with E-state index in [1.807, 2.05) is 17.6 Å². The van der Waals surface area contributed by atoms with E-state index in [4.69, 9.17) is 5.73 Å². The largest absolute Gasteiger partial charge is 0.324 e. The van der Waals surface area contributed by atoms with Crippen LogP contribution >= 0.6 is 0 Å². The van der Waals surface area contributed by atoms with Crippen molar-refractivity contribution in [3.8, 4) is 0 Å². The molecule has 2 rings (SSSR count). The van der Waals surface area contributed by atoms with Crippen molar-refractivity contribution in [1.82, 2.24) is 9.47 Å². The molecule has 0 spiro atoms. The summed E-state index contributed by atoms with van der Waals surface area (Å²) in [5.74, 6) is 0. The Kier molecular flexibility index (Phi) is 4.42. The monoisotopic (exact) mass is 263 g/mol. The SMILES string of the molecule is CCCCn1c2c(cc(C(C)N)c1=O)CN(C)CC2. The maximum atomic E-state index is 12.5. The second-order valence-electron chi connectivity index (χ2n) is 5.66. The molecule has 0 aromatic carbocycles. The Morgan fingerprint density at radius 3 is 2.84 bits per heavy atom. The fraction of sp³-hybridized carbons (Fsp3) is 0.667. The van der Waals surface area contributed by atoms with E-state index in [1.165, 1.54) is 11.3 Å². The lowest BCUT2D eigenvalue weighted by Gasteiger charge is -2.28. The molecule has 4 nitrogen and oxygen atoms in total. The predicted octanol–water partition coefficient (Wildman–Crippen LogP) is 1.66. The Morgan fingerprint density at radius 2 is 2.21 bits per heavy atom. The highest BCUT2D eigenvalue weighted by atomic mass is 16.1. The van der Waals surface area contributed by atoms with Crippen molar-refractivity contribution >= 4 is 0 Å². The van der Waals surface area contributed by atoms with E-state index in [-0.39, 0.29) is 11.6 Å². The van der Waals surface area contributed by atoms with Crippen LogP contribution in [-0.4, -0.2) is 23.1 Å². The molecule has 4 heteroatoms. The van der Waals surface area contributed by atoms with E-state index in [9.17, 15) is 4.79 Å². The summed E-state index contributed by atoms with van der Waals surface area (Å²) >= 11 is 0. The van der Waals surface area contributed by atoms with E-state index < -0.39 is 0 Å². The Bertz CT molecular complexity index is 505. The van der Waals surface area contributed by atoms with Gasteiger partial charge in [-0.3, -0.25) is 4.79 Å². The maximum absolute atomic E-state index is 12.5. The second kappa shape index (κ2) is 5.88. The summed E-state index contributed by atoms with van der Waals surface area (Å²) in [6, 6.07) is 1.83. The van der Waals surface area contributed by atoms with Crippen molar-refractivity contribution in [2.75, 3.05) is 13.6 Å². The van der Waals surface area contributed by atoms with Crippen LogP contribution in [0.5, 0.6) is 0 Å². The molecule has 2 N–H and O–H groups in total. The molecule has 1 aliphatic rings. The zero-order valence-electron chi connectivity index (χ0n) is 12.3. The van der Waals surface area contributed by atoms with Crippen molar-refractivity contribution < 1.29 is 0 Å². The van der Waals surface area contributed by atoms with Crippen molar-refractivity contribution in [2.45, 2.75) is 52.2 Å². The van der Waals surface area contributed by atoms with Gasteiger partial charge in [0.05, 0.1) is 0 Å². The summed E-state index contributed by atoms with van der Waals surface area (Å²) in [7, 11) is 2.12. The number of unbranched alkanes of at least 4 members (excludes halogenated alkanes) is 1. The second-order valence-corrected chi connectivity index (χ2v) is 5.66. The van der Waals surface area contributed by atoms with Crippen molar-refractivity contribution in [3.05, 3.63) is 33.2 Å². The van der Waals surface area contributed by atoms with Crippen LogP contribution in [0, 0.1) is 0 Å². The average Bonchev–Trinajstić information content (AvgIpc) is 2.37. The fourth-order valence-electron chi connectivity index (χ4n) is 2.76. The van der Waals surface area contributed by atoms with Gasteiger partial charge in [0.2, 0.25) is 0 Å². The smallest absolute Gasteiger partial charge is 0.255 e. The number of pyridine rings is 1. The summed E-state index contributed by atoms with van der Waals surface area (Å²) in [6.45, 7) is 6.81. The molecule has 0 bridgehead atoms. The number of aromatic nitrogens is 1. The molecule has 106 valence electrons. The number of hydrogen-bond donors (Lipinski definition) is 1. The molecule has 0 saturated heterocycles. The highest BCUT2D eigenvalue weighted by molar-refractivity contribution is 5.30. The van der Waals surface area contributed by atoms with Crippen LogP contribution in [0.1, 0.15) is 49.6 Å². The summed E-state index contributed by atoms with van der Waals surface area (Å²) in [6.07, 6.45) is 3.11. The van der Waals surface area contributed by atoms with Gasteiger partial charge in [0.1, 0.15) is 0 Å². The predicted molar refractivity (Wildman–Crippen MR) is 78.3 cm³/mol. The van der Waals surface area contributed by atoms with Crippen molar-refractivity contribution in [1.29, 1.82) is 0 Å². The quantitative estimate of drug-likeness (QED) is 0.899. The van der Waals surface area contributed by atoms with E-state index >= 15 is 0 Å². The van der Waals surface area contributed by atoms with Gasteiger partial charge < -0.3 is 15.2 Å². The molecule has 1 aromatic heterocycles. The minimum absolute atomic E-state index is 0.117. The highest BCUT2D eigenvalue weighted by Gasteiger charge is 2.20. The third-order valence-electron chi connectivity index (χ3n) is 3.91. The first kappa shape index (κ1) is 14.3. The lowest BCUT2D eigenvalue weighted by Crippen LogP contribution is -2.36. The zero-order chi connectivity index (χ0) is 14.0. The molecule has 2 heterocycles. The number of nitrogens with two attached hydrogens (primary N) is 1. The average molecular weight is 263 g/mol. The molecule has 0 amide bonds.